The number of aliphatic hydroxyl groups is 1. The third-order valence-corrected chi connectivity index (χ3v) is 4.07. The van der Waals surface area contributed by atoms with Crippen LogP contribution in [-0.4, -0.2) is 31.3 Å². The van der Waals surface area contributed by atoms with Crippen LogP contribution in [0.2, 0.25) is 0 Å². The summed E-state index contributed by atoms with van der Waals surface area (Å²) in [5.74, 6) is 0.764. The fourth-order valence-electron chi connectivity index (χ4n) is 2.29. The number of benzene rings is 2. The van der Waals surface area contributed by atoms with E-state index in [9.17, 15) is 5.11 Å². The Hall–Kier alpha value is -1.12. The average molecular weight is 504 g/mol. The standard InChI is InChI=1S/C18H22BrN3O.HI/c1-20-18(21-11-14-6-5-9-17(19)10-14)22-12-16(13-23)15-7-3-2-4-8-15;/h2-10,16,23H,11-13H2,1H3,(H2,20,21,22);1H. The van der Waals surface area contributed by atoms with Gasteiger partial charge >= 0.3 is 0 Å². The van der Waals surface area contributed by atoms with Gasteiger partial charge < -0.3 is 15.7 Å². The van der Waals surface area contributed by atoms with Gasteiger partial charge in [0.25, 0.3) is 0 Å². The molecule has 0 saturated carbocycles. The fourth-order valence-corrected chi connectivity index (χ4v) is 2.73. The first-order chi connectivity index (χ1) is 11.2. The van der Waals surface area contributed by atoms with Gasteiger partial charge in [-0.05, 0) is 23.3 Å². The lowest BCUT2D eigenvalue weighted by Crippen LogP contribution is -2.39. The van der Waals surface area contributed by atoms with Gasteiger partial charge in [-0.1, -0.05) is 58.4 Å². The molecule has 2 aromatic rings. The summed E-state index contributed by atoms with van der Waals surface area (Å²) in [5.41, 5.74) is 2.29. The Morgan fingerprint density at radius 1 is 1.12 bits per heavy atom. The molecular formula is C18H23BrIN3O. The Kier molecular flexibility index (Phi) is 9.97. The van der Waals surface area contributed by atoms with E-state index in [0.29, 0.717) is 13.1 Å². The van der Waals surface area contributed by atoms with E-state index in [4.69, 9.17) is 0 Å². The van der Waals surface area contributed by atoms with E-state index in [0.717, 1.165) is 16.0 Å². The molecule has 0 fully saturated rings. The second-order valence-electron chi connectivity index (χ2n) is 5.23. The van der Waals surface area contributed by atoms with Crippen molar-refractivity contribution < 1.29 is 5.11 Å². The smallest absolute Gasteiger partial charge is 0.191 e. The molecule has 0 spiro atoms. The lowest BCUT2D eigenvalue weighted by atomic mass is 10.0. The van der Waals surface area contributed by atoms with E-state index in [1.54, 1.807) is 7.05 Å². The first kappa shape index (κ1) is 20.9. The number of hydrogen-bond acceptors (Lipinski definition) is 2. The highest BCUT2D eigenvalue weighted by molar-refractivity contribution is 14.0. The molecule has 2 rings (SSSR count). The van der Waals surface area contributed by atoms with Crippen molar-refractivity contribution >= 4 is 45.9 Å². The normalized spacial score (nSPS) is 12.2. The first-order valence-electron chi connectivity index (χ1n) is 7.57. The maximum absolute atomic E-state index is 9.60. The van der Waals surface area contributed by atoms with Gasteiger partial charge in [-0.15, -0.1) is 24.0 Å². The van der Waals surface area contributed by atoms with Crippen molar-refractivity contribution in [1.29, 1.82) is 0 Å². The summed E-state index contributed by atoms with van der Waals surface area (Å²) in [6.45, 7) is 1.41. The zero-order valence-electron chi connectivity index (χ0n) is 13.6. The summed E-state index contributed by atoms with van der Waals surface area (Å²) < 4.78 is 1.06. The molecule has 24 heavy (non-hydrogen) atoms. The number of hydrogen-bond donors (Lipinski definition) is 3. The second-order valence-corrected chi connectivity index (χ2v) is 6.14. The fraction of sp³-hybridized carbons (Fsp3) is 0.278. The lowest BCUT2D eigenvalue weighted by molar-refractivity contribution is 0.265. The highest BCUT2D eigenvalue weighted by atomic mass is 127. The van der Waals surface area contributed by atoms with Crippen LogP contribution in [0.15, 0.2) is 64.1 Å². The molecule has 1 atom stereocenters. The van der Waals surface area contributed by atoms with E-state index in [2.05, 4.69) is 43.7 Å². The molecule has 130 valence electrons. The van der Waals surface area contributed by atoms with Crippen molar-refractivity contribution in [2.45, 2.75) is 12.5 Å². The number of aliphatic hydroxyl groups excluding tert-OH is 1. The van der Waals surface area contributed by atoms with Crippen molar-refractivity contribution in [3.8, 4) is 0 Å². The minimum Gasteiger partial charge on any atom is -0.396 e. The van der Waals surface area contributed by atoms with E-state index in [1.807, 2.05) is 42.5 Å². The summed E-state index contributed by atoms with van der Waals surface area (Å²) in [4.78, 5) is 4.23. The van der Waals surface area contributed by atoms with Crippen LogP contribution in [0.4, 0.5) is 0 Å². The average Bonchev–Trinajstić information content (AvgIpc) is 2.59. The highest BCUT2D eigenvalue weighted by Gasteiger charge is 2.10. The maximum Gasteiger partial charge on any atom is 0.191 e. The zero-order chi connectivity index (χ0) is 16.5. The van der Waals surface area contributed by atoms with Gasteiger partial charge in [-0.3, -0.25) is 4.99 Å². The van der Waals surface area contributed by atoms with E-state index >= 15 is 0 Å². The summed E-state index contributed by atoms with van der Waals surface area (Å²) in [7, 11) is 1.74. The molecule has 0 aliphatic heterocycles. The Morgan fingerprint density at radius 3 is 2.50 bits per heavy atom. The second kappa shape index (κ2) is 11.4. The molecule has 0 amide bonds. The molecule has 2 aromatic carbocycles. The third kappa shape index (κ3) is 6.78. The highest BCUT2D eigenvalue weighted by Crippen LogP contribution is 2.13. The number of aliphatic imine (C=N–C) groups is 1. The van der Waals surface area contributed by atoms with Crippen LogP contribution in [0, 0.1) is 0 Å². The molecule has 6 heteroatoms. The minimum absolute atomic E-state index is 0. The van der Waals surface area contributed by atoms with Gasteiger partial charge in [0.05, 0.1) is 6.61 Å². The summed E-state index contributed by atoms with van der Waals surface area (Å²) >= 11 is 3.47. The first-order valence-corrected chi connectivity index (χ1v) is 8.37. The lowest BCUT2D eigenvalue weighted by Gasteiger charge is -2.18. The molecule has 0 aliphatic carbocycles. The Morgan fingerprint density at radius 2 is 1.88 bits per heavy atom. The largest absolute Gasteiger partial charge is 0.396 e. The van der Waals surface area contributed by atoms with Gasteiger partial charge in [-0.2, -0.15) is 0 Å². The minimum atomic E-state index is 0. The predicted molar refractivity (Wildman–Crippen MR) is 114 cm³/mol. The van der Waals surface area contributed by atoms with Gasteiger partial charge in [-0.25, -0.2) is 0 Å². The van der Waals surface area contributed by atoms with Crippen LogP contribution in [0.25, 0.3) is 0 Å². The monoisotopic (exact) mass is 503 g/mol. The molecular weight excluding hydrogens is 481 g/mol. The van der Waals surface area contributed by atoms with Crippen LogP contribution in [-0.2, 0) is 6.54 Å². The van der Waals surface area contributed by atoms with Crippen LogP contribution < -0.4 is 10.6 Å². The molecule has 1 unspecified atom stereocenters. The topological polar surface area (TPSA) is 56.7 Å². The number of nitrogens with one attached hydrogen (secondary N) is 2. The Balaban J connectivity index is 0.00000288. The van der Waals surface area contributed by atoms with Crippen LogP contribution in [0.1, 0.15) is 17.0 Å². The molecule has 0 heterocycles. The van der Waals surface area contributed by atoms with Crippen molar-refractivity contribution in [2.24, 2.45) is 4.99 Å². The SMILES string of the molecule is CN=C(NCc1cccc(Br)c1)NCC(CO)c1ccccc1.I. The van der Waals surface area contributed by atoms with Crippen molar-refractivity contribution in [3.05, 3.63) is 70.2 Å². The van der Waals surface area contributed by atoms with E-state index in [-0.39, 0.29) is 36.5 Å². The maximum atomic E-state index is 9.60. The molecule has 0 aromatic heterocycles. The van der Waals surface area contributed by atoms with Gasteiger partial charge in [0.2, 0.25) is 0 Å². The van der Waals surface area contributed by atoms with E-state index < -0.39 is 0 Å². The molecule has 0 saturated heterocycles. The van der Waals surface area contributed by atoms with Crippen LogP contribution in [0.5, 0.6) is 0 Å². The van der Waals surface area contributed by atoms with Crippen molar-refractivity contribution in [3.63, 3.8) is 0 Å². The zero-order valence-corrected chi connectivity index (χ0v) is 17.5. The molecule has 4 nitrogen and oxygen atoms in total. The number of nitrogens with zero attached hydrogens (tertiary/aromatic N) is 1. The summed E-state index contributed by atoms with van der Waals surface area (Å²) in [6, 6.07) is 18.1. The third-order valence-electron chi connectivity index (χ3n) is 3.58. The van der Waals surface area contributed by atoms with Gasteiger partial charge in [0.1, 0.15) is 0 Å². The molecule has 0 bridgehead atoms. The summed E-state index contributed by atoms with van der Waals surface area (Å²) in [6.07, 6.45) is 0. The van der Waals surface area contributed by atoms with Crippen molar-refractivity contribution in [2.75, 3.05) is 20.2 Å². The molecule has 0 radical (unpaired) electrons. The Bertz CT molecular complexity index is 637. The quantitative estimate of drug-likeness (QED) is 0.321. The number of halogens is 2. The van der Waals surface area contributed by atoms with E-state index in [1.165, 1.54) is 5.56 Å². The van der Waals surface area contributed by atoms with Crippen LogP contribution in [0.3, 0.4) is 0 Å². The van der Waals surface area contributed by atoms with Gasteiger partial charge in [0, 0.05) is 30.5 Å². The predicted octanol–water partition coefficient (Wildman–Crippen LogP) is 3.51. The van der Waals surface area contributed by atoms with Crippen molar-refractivity contribution in [1.82, 2.24) is 10.6 Å². The number of guanidine groups is 1. The Labute approximate surface area is 168 Å². The molecule has 3 N–H and O–H groups in total. The van der Waals surface area contributed by atoms with Crippen LogP contribution >= 0.6 is 39.9 Å². The molecule has 0 aliphatic rings. The van der Waals surface area contributed by atoms with Gasteiger partial charge in [0.15, 0.2) is 5.96 Å². The summed E-state index contributed by atoms with van der Waals surface area (Å²) in [5, 5.41) is 16.1. The number of rotatable bonds is 6.